The number of aromatic nitrogens is 1. The molecule has 132 valence electrons. The molecule has 1 aromatic carbocycles. The molecule has 1 saturated carbocycles. The molecule has 25 heavy (non-hydrogen) atoms. The average Bonchev–Trinajstić information content (AvgIpc) is 3.37. The number of hydrogen-bond donors (Lipinski definition) is 0. The molecule has 0 N–H and O–H groups in total. The van der Waals surface area contributed by atoms with E-state index in [9.17, 15) is 4.79 Å². The molecule has 6 nitrogen and oxygen atoms in total. The van der Waals surface area contributed by atoms with E-state index < -0.39 is 0 Å². The maximum absolute atomic E-state index is 12.8. The first-order valence-electron chi connectivity index (χ1n) is 8.87. The minimum atomic E-state index is -0.194. The van der Waals surface area contributed by atoms with E-state index in [-0.39, 0.29) is 12.0 Å². The molecule has 1 aliphatic heterocycles. The molecule has 1 atom stereocenters. The summed E-state index contributed by atoms with van der Waals surface area (Å²) in [5.74, 6) is 2.44. The third-order valence-corrected chi connectivity index (χ3v) is 4.44. The molecule has 0 saturated heterocycles. The van der Waals surface area contributed by atoms with Gasteiger partial charge in [-0.25, -0.2) is 4.98 Å². The second-order valence-electron chi connectivity index (χ2n) is 6.59. The lowest BCUT2D eigenvalue weighted by Crippen LogP contribution is -2.44. The van der Waals surface area contributed by atoms with E-state index in [2.05, 4.69) is 4.98 Å². The maximum atomic E-state index is 12.8. The number of benzene rings is 1. The summed E-state index contributed by atoms with van der Waals surface area (Å²) in [7, 11) is 0. The van der Waals surface area contributed by atoms with Crippen LogP contribution in [0.25, 0.3) is 0 Å². The van der Waals surface area contributed by atoms with E-state index in [1.54, 1.807) is 4.90 Å². The minimum absolute atomic E-state index is 0.111. The van der Waals surface area contributed by atoms with E-state index in [4.69, 9.17) is 13.9 Å². The number of hydrogen-bond acceptors (Lipinski definition) is 5. The van der Waals surface area contributed by atoms with Crippen molar-refractivity contribution >= 4 is 5.91 Å². The summed E-state index contributed by atoms with van der Waals surface area (Å²) in [5, 5.41) is 0. The van der Waals surface area contributed by atoms with Crippen molar-refractivity contribution in [2.75, 3.05) is 19.7 Å². The quantitative estimate of drug-likeness (QED) is 0.806. The average molecular weight is 342 g/mol. The number of rotatable bonds is 6. The number of ether oxygens (including phenoxy) is 2. The number of para-hydroxylation sites is 2. The van der Waals surface area contributed by atoms with Gasteiger partial charge in [-0.05, 0) is 31.4 Å². The lowest BCUT2D eigenvalue weighted by atomic mass is 10.2. The smallest absolute Gasteiger partial charge is 0.275 e. The molecule has 0 unspecified atom stereocenters. The summed E-state index contributed by atoms with van der Waals surface area (Å²) in [6, 6.07) is 7.59. The molecular formula is C19H22N2O4. The van der Waals surface area contributed by atoms with Gasteiger partial charge in [0.25, 0.3) is 5.91 Å². The maximum Gasteiger partial charge on any atom is 0.275 e. The Balaban J connectivity index is 1.44. The predicted octanol–water partition coefficient (Wildman–Crippen LogP) is 3.24. The molecule has 0 bridgehead atoms. The number of amides is 1. The minimum Gasteiger partial charge on any atom is -0.486 e. The molecule has 6 heteroatoms. The first kappa shape index (κ1) is 16.0. The molecule has 1 fully saturated rings. The molecule has 2 aromatic rings. The van der Waals surface area contributed by atoms with Crippen LogP contribution in [0.5, 0.6) is 11.5 Å². The van der Waals surface area contributed by atoms with Gasteiger partial charge in [0.05, 0.1) is 6.54 Å². The zero-order valence-corrected chi connectivity index (χ0v) is 14.3. The van der Waals surface area contributed by atoms with Crippen LogP contribution in [0.2, 0.25) is 0 Å². The molecule has 0 radical (unpaired) electrons. The predicted molar refractivity (Wildman–Crippen MR) is 91.0 cm³/mol. The zero-order valence-electron chi connectivity index (χ0n) is 14.3. The molecule has 1 aromatic heterocycles. The topological polar surface area (TPSA) is 64.8 Å². The molecule has 0 spiro atoms. The highest BCUT2D eigenvalue weighted by Gasteiger charge is 2.31. The Bertz CT molecular complexity index is 753. The van der Waals surface area contributed by atoms with Crippen LogP contribution >= 0.6 is 0 Å². The third-order valence-electron chi connectivity index (χ3n) is 4.44. The van der Waals surface area contributed by atoms with Crippen LogP contribution in [0.15, 0.2) is 34.9 Å². The standard InChI is InChI=1S/C19H22N2O4/c1-2-9-21(19(22)15-12-24-18(20-15)13-7-8-13)10-14-11-23-16-5-3-4-6-17(16)25-14/h3-6,12-14H,2,7-11H2,1H3/t14-/m1/s1. The van der Waals surface area contributed by atoms with Crippen LogP contribution in [-0.4, -0.2) is 41.6 Å². The fourth-order valence-corrected chi connectivity index (χ4v) is 3.01. The van der Waals surface area contributed by atoms with Crippen molar-refractivity contribution in [2.24, 2.45) is 0 Å². The Morgan fingerprint density at radius 1 is 1.28 bits per heavy atom. The van der Waals surface area contributed by atoms with Crippen LogP contribution in [0.4, 0.5) is 0 Å². The number of nitrogens with zero attached hydrogens (tertiary/aromatic N) is 2. The highest BCUT2D eigenvalue weighted by Crippen LogP contribution is 2.39. The van der Waals surface area contributed by atoms with Crippen molar-refractivity contribution in [1.29, 1.82) is 0 Å². The number of carbonyl (C=O) groups excluding carboxylic acids is 1. The summed E-state index contributed by atoms with van der Waals surface area (Å²) in [4.78, 5) is 19.0. The molecule has 2 aliphatic rings. The fraction of sp³-hybridized carbons (Fsp3) is 0.474. The van der Waals surface area contributed by atoms with Gasteiger partial charge < -0.3 is 18.8 Å². The second-order valence-corrected chi connectivity index (χ2v) is 6.59. The Morgan fingerprint density at radius 3 is 2.84 bits per heavy atom. The Hall–Kier alpha value is -2.50. The van der Waals surface area contributed by atoms with Crippen LogP contribution in [0.1, 0.15) is 48.5 Å². The molecule has 4 rings (SSSR count). The van der Waals surface area contributed by atoms with E-state index in [0.29, 0.717) is 37.2 Å². The summed E-state index contributed by atoms with van der Waals surface area (Å²) in [6.45, 7) is 3.58. The van der Waals surface area contributed by atoms with Crippen LogP contribution < -0.4 is 9.47 Å². The highest BCUT2D eigenvalue weighted by molar-refractivity contribution is 5.92. The number of carbonyl (C=O) groups is 1. The summed E-state index contributed by atoms with van der Waals surface area (Å²) in [5.41, 5.74) is 0.382. The van der Waals surface area contributed by atoms with Crippen molar-refractivity contribution in [2.45, 2.75) is 38.2 Å². The Kier molecular flexibility index (Phi) is 4.34. The van der Waals surface area contributed by atoms with Crippen molar-refractivity contribution in [1.82, 2.24) is 9.88 Å². The second kappa shape index (κ2) is 6.78. The van der Waals surface area contributed by atoms with E-state index in [0.717, 1.165) is 30.8 Å². The lowest BCUT2D eigenvalue weighted by Gasteiger charge is -2.31. The van der Waals surface area contributed by atoms with Crippen molar-refractivity contribution in [3.63, 3.8) is 0 Å². The molecule has 2 heterocycles. The van der Waals surface area contributed by atoms with Gasteiger partial charge in [-0.1, -0.05) is 19.1 Å². The first-order valence-corrected chi connectivity index (χ1v) is 8.87. The first-order chi connectivity index (χ1) is 12.2. The number of oxazole rings is 1. The van der Waals surface area contributed by atoms with E-state index in [1.165, 1.54) is 6.26 Å². The molecule has 1 amide bonds. The van der Waals surface area contributed by atoms with Crippen LogP contribution in [0.3, 0.4) is 0 Å². The number of fused-ring (bicyclic) bond motifs is 1. The van der Waals surface area contributed by atoms with Gasteiger partial charge >= 0.3 is 0 Å². The van der Waals surface area contributed by atoms with Crippen molar-refractivity contribution in [3.05, 3.63) is 42.1 Å². The third kappa shape index (κ3) is 3.48. The molecular weight excluding hydrogens is 320 g/mol. The highest BCUT2D eigenvalue weighted by atomic mass is 16.6. The molecule has 1 aliphatic carbocycles. The van der Waals surface area contributed by atoms with Crippen LogP contribution in [0, 0.1) is 0 Å². The normalized spacial score (nSPS) is 18.8. The van der Waals surface area contributed by atoms with Gasteiger partial charge in [0, 0.05) is 12.5 Å². The Morgan fingerprint density at radius 2 is 2.08 bits per heavy atom. The fourth-order valence-electron chi connectivity index (χ4n) is 3.01. The monoisotopic (exact) mass is 342 g/mol. The lowest BCUT2D eigenvalue weighted by molar-refractivity contribution is 0.0459. The zero-order chi connectivity index (χ0) is 17.2. The van der Waals surface area contributed by atoms with Gasteiger partial charge in [-0.3, -0.25) is 4.79 Å². The van der Waals surface area contributed by atoms with Crippen LogP contribution in [-0.2, 0) is 0 Å². The summed E-state index contributed by atoms with van der Waals surface area (Å²) < 4.78 is 17.2. The van der Waals surface area contributed by atoms with Gasteiger partial charge in [0.1, 0.15) is 12.9 Å². The van der Waals surface area contributed by atoms with Crippen molar-refractivity contribution in [3.8, 4) is 11.5 Å². The van der Waals surface area contributed by atoms with E-state index in [1.807, 2.05) is 31.2 Å². The van der Waals surface area contributed by atoms with Crippen molar-refractivity contribution < 1.29 is 18.7 Å². The van der Waals surface area contributed by atoms with Gasteiger partial charge in [0.15, 0.2) is 29.2 Å². The Labute approximate surface area is 146 Å². The van der Waals surface area contributed by atoms with E-state index >= 15 is 0 Å². The van der Waals surface area contributed by atoms with Gasteiger partial charge in [0.2, 0.25) is 0 Å². The van der Waals surface area contributed by atoms with Gasteiger partial charge in [-0.15, -0.1) is 0 Å². The largest absolute Gasteiger partial charge is 0.486 e. The summed E-state index contributed by atoms with van der Waals surface area (Å²) in [6.07, 6.45) is 4.34. The summed E-state index contributed by atoms with van der Waals surface area (Å²) >= 11 is 0. The van der Waals surface area contributed by atoms with Gasteiger partial charge in [-0.2, -0.15) is 0 Å². The SMILES string of the molecule is CCCN(C[C@@H]1COc2ccccc2O1)C(=O)c1coc(C2CC2)n1.